The van der Waals surface area contributed by atoms with Gasteiger partial charge < -0.3 is 5.32 Å². The van der Waals surface area contributed by atoms with Crippen LogP contribution in [0.3, 0.4) is 0 Å². The highest BCUT2D eigenvalue weighted by Crippen LogP contribution is 2.43. The third kappa shape index (κ3) is 1.38. The number of aromatic nitrogens is 2. The van der Waals surface area contributed by atoms with Crippen LogP contribution in [0.1, 0.15) is 20.3 Å². The fourth-order valence-corrected chi connectivity index (χ4v) is 2.90. The Morgan fingerprint density at radius 2 is 2.21 bits per heavy atom. The van der Waals surface area contributed by atoms with Crippen molar-refractivity contribution in [2.75, 3.05) is 11.9 Å². The summed E-state index contributed by atoms with van der Waals surface area (Å²) in [5.74, 6) is 0. The zero-order valence-corrected chi connectivity index (χ0v) is 10.5. The molecular weight excluding hydrogens is 291 g/mol. The predicted molar refractivity (Wildman–Crippen MR) is 66.1 cm³/mol. The van der Waals surface area contributed by atoms with Gasteiger partial charge in [0.1, 0.15) is 11.9 Å². The van der Waals surface area contributed by atoms with Gasteiger partial charge in [0.25, 0.3) is 22.9 Å². The highest BCUT2D eigenvalue weighted by Gasteiger charge is 2.42. The largest absolute Gasteiger partial charge is 0.329 e. The number of nitrogens with zero attached hydrogens (tertiary/aromatic N) is 3. The Kier molecular flexibility index (Phi) is 2.61. The quantitative estimate of drug-likeness (QED) is 0.673. The fourth-order valence-electron chi connectivity index (χ4n) is 1.90. The monoisotopic (exact) mass is 305 g/mol. The summed E-state index contributed by atoms with van der Waals surface area (Å²) in [7, 11) is 0. The van der Waals surface area contributed by atoms with Crippen molar-refractivity contribution in [3.8, 4) is 0 Å². The van der Waals surface area contributed by atoms with E-state index in [1.807, 2.05) is 6.20 Å². The van der Waals surface area contributed by atoms with E-state index in [4.69, 9.17) is 0 Å². The maximum atomic E-state index is 3.96. The Bertz CT molecular complexity index is 343. The predicted octanol–water partition coefficient (Wildman–Crippen LogP) is 2.32. The van der Waals surface area contributed by atoms with Crippen LogP contribution in [0.15, 0.2) is 12.4 Å². The van der Waals surface area contributed by atoms with Gasteiger partial charge in [-0.15, -0.1) is 0 Å². The van der Waals surface area contributed by atoms with Gasteiger partial charge in [0.15, 0.2) is 11.9 Å². The van der Waals surface area contributed by atoms with E-state index in [0.717, 1.165) is 21.3 Å². The van der Waals surface area contributed by atoms with E-state index >= 15 is 0 Å². The van der Waals surface area contributed by atoms with E-state index in [0.29, 0.717) is 6.17 Å². The van der Waals surface area contributed by atoms with Gasteiger partial charge in [-0.1, -0.05) is 6.92 Å². The van der Waals surface area contributed by atoms with Gasteiger partial charge in [0.2, 0.25) is 0 Å². The van der Waals surface area contributed by atoms with Gasteiger partial charge in [-0.25, -0.2) is 2.70 Å². The van der Waals surface area contributed by atoms with Crippen molar-refractivity contribution < 1.29 is 0 Å². The van der Waals surface area contributed by atoms with Crippen LogP contribution < -0.4 is 8.01 Å². The molecule has 0 spiro atoms. The third-order valence-electron chi connectivity index (χ3n) is 2.64. The maximum absolute atomic E-state index is 3.96. The second-order valence-corrected chi connectivity index (χ2v) is 5.33. The summed E-state index contributed by atoms with van der Waals surface area (Å²) in [6.45, 7) is 5.52. The van der Waals surface area contributed by atoms with Crippen LogP contribution in [0.25, 0.3) is 0 Å². The number of hydrogen-bond acceptors (Lipinski definition) is 3. The molecule has 2 rings (SSSR count). The van der Waals surface area contributed by atoms with Gasteiger partial charge in [-0.2, -0.15) is 10.2 Å². The van der Waals surface area contributed by atoms with Crippen LogP contribution in [0, 0.1) is 0 Å². The summed E-state index contributed by atoms with van der Waals surface area (Å²) in [5, 5.41) is 11.3. The van der Waals surface area contributed by atoms with Crippen molar-refractivity contribution in [3.63, 3.8) is 0 Å². The molecule has 1 aliphatic heterocycles. The van der Waals surface area contributed by atoms with Gasteiger partial charge in [0, 0.05) is 6.92 Å². The molecule has 0 aliphatic carbocycles. The van der Waals surface area contributed by atoms with Crippen molar-refractivity contribution in [1.29, 1.82) is 0 Å². The molecule has 4 nitrogen and oxygen atoms in total. The first kappa shape index (κ1) is 10.1. The zero-order valence-electron chi connectivity index (χ0n) is 8.37. The molecule has 2 atom stereocenters. The molecule has 0 amide bonds. The number of halogens is 1. The summed E-state index contributed by atoms with van der Waals surface area (Å²) in [6, 6.07) is 0. The molecular formula is C9H14IN4+. The summed E-state index contributed by atoms with van der Waals surface area (Å²) in [4.78, 5) is 0. The third-order valence-corrected chi connectivity index (χ3v) is 4.48. The van der Waals surface area contributed by atoms with Gasteiger partial charge in [-0.3, -0.25) is 0 Å². The number of quaternary nitrogens is 1. The zero-order chi connectivity index (χ0) is 10.2. The molecule has 76 valence electrons. The summed E-state index contributed by atoms with van der Waals surface area (Å²) in [5.41, 5.74) is 2.37. The molecule has 0 fully saturated rings. The second-order valence-electron chi connectivity index (χ2n) is 3.60. The molecule has 1 aromatic rings. The van der Waals surface area contributed by atoms with Crippen molar-refractivity contribution >= 4 is 34.2 Å². The first-order valence-electron chi connectivity index (χ1n) is 4.83. The molecule has 0 aromatic carbocycles. The van der Waals surface area contributed by atoms with Crippen LogP contribution >= 0.6 is 22.9 Å². The Balaban J connectivity index is 2.43. The summed E-state index contributed by atoms with van der Waals surface area (Å²) < 4.78 is 0.888. The van der Waals surface area contributed by atoms with Crippen LogP contribution in [0.5, 0.6) is 0 Å². The second kappa shape index (κ2) is 3.62. The lowest BCUT2D eigenvalue weighted by Crippen LogP contribution is -2.46. The number of fused-ring (bicyclic) bond motifs is 1. The van der Waals surface area contributed by atoms with Crippen LogP contribution in [0.4, 0.5) is 11.4 Å². The smallest absolute Gasteiger partial charge is 0.256 e. The molecule has 0 saturated heterocycles. The average molecular weight is 305 g/mol. The van der Waals surface area contributed by atoms with E-state index in [1.54, 1.807) is 6.20 Å². The Morgan fingerprint density at radius 1 is 1.50 bits per heavy atom. The number of rotatable bonds is 2. The number of hydrogen-bond donors (Lipinski definition) is 1. The van der Waals surface area contributed by atoms with Crippen molar-refractivity contribution in [2.45, 2.75) is 26.4 Å². The van der Waals surface area contributed by atoms with Crippen LogP contribution in [-0.4, -0.2) is 22.9 Å². The van der Waals surface area contributed by atoms with Crippen molar-refractivity contribution in [3.05, 3.63) is 12.4 Å². The van der Waals surface area contributed by atoms with E-state index in [9.17, 15) is 0 Å². The molecule has 1 aromatic heterocycles. The highest BCUT2D eigenvalue weighted by molar-refractivity contribution is 14.1. The molecule has 1 N–H and O–H groups in total. The summed E-state index contributed by atoms with van der Waals surface area (Å²) >= 11 is 2.49. The number of anilines is 1. The molecule has 0 radical (unpaired) electrons. The topological polar surface area (TPSA) is 37.8 Å². The molecule has 14 heavy (non-hydrogen) atoms. The standard InChI is InChI=1S/C9H14IN4/c1-3-4-14(10)7(2)13-8-5-11-12-6-9(8)14/h5-7,13H,3-4H2,1-2H3/q+1. The van der Waals surface area contributed by atoms with E-state index < -0.39 is 0 Å². The average Bonchev–Trinajstić information content (AvgIpc) is 2.41. The van der Waals surface area contributed by atoms with Crippen molar-refractivity contribution in [1.82, 2.24) is 12.9 Å². The van der Waals surface area contributed by atoms with E-state index in [1.165, 1.54) is 5.69 Å². The lowest BCUT2D eigenvalue weighted by atomic mass is 10.3. The summed E-state index contributed by atoms with van der Waals surface area (Å²) in [6.07, 6.45) is 5.24. The normalized spacial score (nSPS) is 29.8. The minimum absolute atomic E-state index is 0.400. The molecule has 1 aliphatic rings. The first-order chi connectivity index (χ1) is 6.68. The molecule has 0 bridgehead atoms. The van der Waals surface area contributed by atoms with Crippen LogP contribution in [0.2, 0.25) is 0 Å². The highest BCUT2D eigenvalue weighted by atomic mass is 127. The van der Waals surface area contributed by atoms with Crippen molar-refractivity contribution in [2.24, 2.45) is 0 Å². The van der Waals surface area contributed by atoms with E-state index in [-0.39, 0.29) is 0 Å². The van der Waals surface area contributed by atoms with Gasteiger partial charge in [-0.05, 0) is 6.42 Å². The minimum Gasteiger partial charge on any atom is -0.329 e. The molecule has 2 heterocycles. The lowest BCUT2D eigenvalue weighted by Gasteiger charge is -2.28. The first-order valence-corrected chi connectivity index (χ1v) is 5.80. The minimum atomic E-state index is 0.400. The SMILES string of the molecule is CCC[N+]1(I)c2cnncc2NC1C. The Labute approximate surface area is 97.8 Å². The Hall–Kier alpha value is -0.430. The fraction of sp³-hybridized carbons (Fsp3) is 0.556. The number of nitrogens with one attached hydrogen (secondary N) is 1. The molecule has 5 heteroatoms. The maximum Gasteiger partial charge on any atom is 0.256 e. The molecule has 0 saturated carbocycles. The van der Waals surface area contributed by atoms with E-state index in [2.05, 4.69) is 52.2 Å². The van der Waals surface area contributed by atoms with Crippen LogP contribution in [-0.2, 0) is 0 Å². The Morgan fingerprint density at radius 3 is 2.93 bits per heavy atom. The lowest BCUT2D eigenvalue weighted by molar-refractivity contribution is 0.450. The molecule has 2 unspecified atom stereocenters. The van der Waals surface area contributed by atoms with Gasteiger partial charge >= 0.3 is 0 Å². The van der Waals surface area contributed by atoms with Gasteiger partial charge in [0.05, 0.1) is 12.7 Å².